The number of hydrogen-bond acceptors (Lipinski definition) is 4. The lowest BCUT2D eigenvalue weighted by molar-refractivity contribution is 0.379. The van der Waals surface area contributed by atoms with E-state index in [1.165, 1.54) is 19.3 Å². The number of hydrogen-bond donors (Lipinski definition) is 1. The Kier molecular flexibility index (Phi) is 4.42. The zero-order chi connectivity index (χ0) is 13.0. The predicted octanol–water partition coefficient (Wildman–Crippen LogP) is 2.06. The minimum Gasteiger partial charge on any atom is -0.495 e. The lowest BCUT2D eigenvalue weighted by atomic mass is 9.96. The molecule has 0 amide bonds. The molecule has 2 atom stereocenters. The van der Waals surface area contributed by atoms with Crippen LogP contribution in [0.2, 0.25) is 0 Å². The van der Waals surface area contributed by atoms with E-state index in [2.05, 4.69) is 28.2 Å². The summed E-state index contributed by atoms with van der Waals surface area (Å²) in [6.07, 6.45) is 5.59. The van der Waals surface area contributed by atoms with Crippen LogP contribution in [-0.2, 0) is 0 Å². The number of nitrogens with zero attached hydrogens (tertiary/aromatic N) is 2. The van der Waals surface area contributed by atoms with E-state index in [1.807, 2.05) is 13.1 Å². The molecule has 0 aliphatic carbocycles. The quantitative estimate of drug-likeness (QED) is 0.886. The minimum atomic E-state index is 0.481. The molecule has 0 radical (unpaired) electrons. The molecule has 100 valence electrons. The Balaban J connectivity index is 2.16. The summed E-state index contributed by atoms with van der Waals surface area (Å²) in [6, 6.07) is 5.05. The molecule has 4 nitrogen and oxygen atoms in total. The van der Waals surface area contributed by atoms with Crippen molar-refractivity contribution in [3.63, 3.8) is 0 Å². The smallest absolute Gasteiger partial charge is 0.137 e. The molecule has 18 heavy (non-hydrogen) atoms. The van der Waals surface area contributed by atoms with E-state index >= 15 is 0 Å². The zero-order valence-corrected chi connectivity index (χ0v) is 11.5. The molecule has 2 rings (SSSR count). The molecule has 1 aromatic heterocycles. The van der Waals surface area contributed by atoms with Crippen LogP contribution >= 0.6 is 0 Å². The number of anilines is 1. The van der Waals surface area contributed by atoms with Gasteiger partial charge in [-0.15, -0.1) is 0 Å². The van der Waals surface area contributed by atoms with E-state index in [9.17, 15) is 0 Å². The molecule has 1 fully saturated rings. The van der Waals surface area contributed by atoms with E-state index < -0.39 is 0 Å². The fraction of sp³-hybridized carbons (Fsp3) is 0.643. The van der Waals surface area contributed by atoms with Crippen molar-refractivity contribution >= 4 is 5.82 Å². The highest BCUT2D eigenvalue weighted by molar-refractivity contribution is 5.43. The van der Waals surface area contributed by atoms with Gasteiger partial charge in [0.25, 0.3) is 0 Å². The van der Waals surface area contributed by atoms with Crippen LogP contribution in [-0.4, -0.2) is 37.8 Å². The summed E-state index contributed by atoms with van der Waals surface area (Å²) in [5.41, 5.74) is 0. The number of piperidine rings is 1. The molecule has 1 N–H and O–H groups in total. The number of ether oxygens (including phenoxy) is 1. The van der Waals surface area contributed by atoms with Gasteiger partial charge >= 0.3 is 0 Å². The molecule has 0 aromatic carbocycles. The highest BCUT2D eigenvalue weighted by Crippen LogP contribution is 2.26. The van der Waals surface area contributed by atoms with E-state index in [0.717, 1.165) is 18.1 Å². The van der Waals surface area contributed by atoms with Gasteiger partial charge in [0, 0.05) is 18.6 Å². The number of aromatic nitrogens is 1. The van der Waals surface area contributed by atoms with E-state index in [-0.39, 0.29) is 0 Å². The third-order valence-corrected chi connectivity index (χ3v) is 3.83. The van der Waals surface area contributed by atoms with Crippen molar-refractivity contribution in [2.45, 2.75) is 38.3 Å². The molecule has 2 heterocycles. The molecule has 1 aliphatic rings. The summed E-state index contributed by atoms with van der Waals surface area (Å²) in [4.78, 5) is 6.93. The Labute approximate surface area is 109 Å². The highest BCUT2D eigenvalue weighted by Gasteiger charge is 2.27. The monoisotopic (exact) mass is 249 g/mol. The molecule has 1 aliphatic heterocycles. The third kappa shape index (κ3) is 2.75. The van der Waals surface area contributed by atoms with Gasteiger partial charge in [-0.2, -0.15) is 0 Å². The van der Waals surface area contributed by atoms with Crippen molar-refractivity contribution in [1.82, 2.24) is 10.3 Å². The molecule has 2 unspecified atom stereocenters. The summed E-state index contributed by atoms with van der Waals surface area (Å²) in [5.74, 6) is 1.87. The Morgan fingerprint density at radius 2 is 2.28 bits per heavy atom. The Morgan fingerprint density at radius 1 is 1.44 bits per heavy atom. The molecule has 1 saturated heterocycles. The molecule has 1 aromatic rings. The second kappa shape index (κ2) is 6.05. The van der Waals surface area contributed by atoms with E-state index in [0.29, 0.717) is 12.1 Å². The normalized spacial score (nSPS) is 21.7. The third-order valence-electron chi connectivity index (χ3n) is 3.83. The first-order valence-corrected chi connectivity index (χ1v) is 6.70. The van der Waals surface area contributed by atoms with Gasteiger partial charge < -0.3 is 15.0 Å². The lowest BCUT2D eigenvalue weighted by Gasteiger charge is -2.40. The number of methoxy groups -OCH3 is 1. The zero-order valence-electron chi connectivity index (χ0n) is 11.5. The molecular weight excluding hydrogens is 226 g/mol. The maximum absolute atomic E-state index is 5.16. The van der Waals surface area contributed by atoms with Gasteiger partial charge in [-0.05, 0) is 45.4 Å². The average molecular weight is 249 g/mol. The standard InChI is InChI=1S/C14H23N3O/c1-11(15-2)13-6-4-5-9-17(13)14-8-7-12(18-3)10-16-14/h7-8,10-11,13,15H,4-6,9H2,1-3H3. The van der Waals surface area contributed by atoms with E-state index in [4.69, 9.17) is 4.74 Å². The Bertz CT molecular complexity index is 366. The number of likely N-dealkylation sites (N-methyl/N-ethyl adjacent to an activating group) is 1. The van der Waals surface area contributed by atoms with E-state index in [1.54, 1.807) is 13.3 Å². The lowest BCUT2D eigenvalue weighted by Crippen LogP contribution is -2.50. The van der Waals surface area contributed by atoms with Crippen molar-refractivity contribution in [3.05, 3.63) is 18.3 Å². The highest BCUT2D eigenvalue weighted by atomic mass is 16.5. The fourth-order valence-corrected chi connectivity index (χ4v) is 2.62. The van der Waals surface area contributed by atoms with Crippen LogP contribution in [0.3, 0.4) is 0 Å². The van der Waals surface area contributed by atoms with Crippen LogP contribution < -0.4 is 15.0 Å². The van der Waals surface area contributed by atoms with Crippen LogP contribution in [0.4, 0.5) is 5.82 Å². The van der Waals surface area contributed by atoms with Gasteiger partial charge in [-0.3, -0.25) is 0 Å². The number of nitrogens with one attached hydrogen (secondary N) is 1. The largest absolute Gasteiger partial charge is 0.495 e. The van der Waals surface area contributed by atoms with Gasteiger partial charge in [0.15, 0.2) is 0 Å². The summed E-state index contributed by atoms with van der Waals surface area (Å²) in [6.45, 7) is 3.34. The fourth-order valence-electron chi connectivity index (χ4n) is 2.62. The van der Waals surface area contributed by atoms with Crippen molar-refractivity contribution in [2.75, 3.05) is 25.6 Å². The SMILES string of the molecule is CNC(C)C1CCCCN1c1ccc(OC)cn1. The first-order chi connectivity index (χ1) is 8.76. The molecular formula is C14H23N3O. The summed E-state index contributed by atoms with van der Waals surface area (Å²) < 4.78 is 5.16. The maximum Gasteiger partial charge on any atom is 0.137 e. The first kappa shape index (κ1) is 13.1. The van der Waals surface area contributed by atoms with Gasteiger partial charge in [-0.1, -0.05) is 0 Å². The van der Waals surface area contributed by atoms with Gasteiger partial charge in [0.05, 0.1) is 13.3 Å². The summed E-state index contributed by atoms with van der Waals surface area (Å²) in [5, 5.41) is 3.36. The predicted molar refractivity (Wildman–Crippen MR) is 74.3 cm³/mol. The molecule has 0 spiro atoms. The summed E-state index contributed by atoms with van der Waals surface area (Å²) in [7, 11) is 3.70. The van der Waals surface area contributed by atoms with Crippen LogP contribution in [0.5, 0.6) is 5.75 Å². The summed E-state index contributed by atoms with van der Waals surface area (Å²) >= 11 is 0. The van der Waals surface area contributed by atoms with Gasteiger partial charge in [0.1, 0.15) is 11.6 Å². The molecule has 4 heteroatoms. The maximum atomic E-state index is 5.16. The van der Waals surface area contributed by atoms with Crippen LogP contribution in [0.25, 0.3) is 0 Å². The van der Waals surface area contributed by atoms with Crippen LogP contribution in [0, 0.1) is 0 Å². The van der Waals surface area contributed by atoms with Crippen LogP contribution in [0.1, 0.15) is 26.2 Å². The number of pyridine rings is 1. The Hall–Kier alpha value is -1.29. The van der Waals surface area contributed by atoms with Crippen LogP contribution in [0.15, 0.2) is 18.3 Å². The van der Waals surface area contributed by atoms with Crippen molar-refractivity contribution in [3.8, 4) is 5.75 Å². The van der Waals surface area contributed by atoms with Crippen molar-refractivity contribution in [1.29, 1.82) is 0 Å². The van der Waals surface area contributed by atoms with Gasteiger partial charge in [0.2, 0.25) is 0 Å². The topological polar surface area (TPSA) is 37.4 Å². The van der Waals surface area contributed by atoms with Crippen molar-refractivity contribution < 1.29 is 4.74 Å². The average Bonchev–Trinajstić information content (AvgIpc) is 2.46. The van der Waals surface area contributed by atoms with Gasteiger partial charge in [-0.25, -0.2) is 4.98 Å². The first-order valence-electron chi connectivity index (χ1n) is 6.70. The molecule has 0 bridgehead atoms. The molecule has 0 saturated carbocycles. The minimum absolute atomic E-state index is 0.481. The second-order valence-electron chi connectivity index (χ2n) is 4.89. The number of rotatable bonds is 4. The second-order valence-corrected chi connectivity index (χ2v) is 4.89. The Morgan fingerprint density at radius 3 is 2.89 bits per heavy atom. The van der Waals surface area contributed by atoms with Crippen molar-refractivity contribution in [2.24, 2.45) is 0 Å².